The molecular weight excluding hydrogens is 403 g/mol. The molecule has 2 aromatic rings. The molecular formula is C19H20BrFN2O3. The van der Waals surface area contributed by atoms with E-state index in [1.807, 2.05) is 0 Å². The first-order valence-electron chi connectivity index (χ1n) is 8.62. The molecule has 2 N–H and O–H groups in total. The number of carbonyl (C=O) groups excluding carboxylic acids is 1. The van der Waals surface area contributed by atoms with Crippen LogP contribution in [0.5, 0.6) is 5.75 Å². The Kier molecular flexibility index (Phi) is 5.76. The van der Waals surface area contributed by atoms with Crippen molar-refractivity contribution in [3.05, 3.63) is 62.2 Å². The maximum Gasteiger partial charge on any atom is 0.259 e. The Morgan fingerprint density at radius 3 is 2.65 bits per heavy atom. The molecule has 138 valence electrons. The van der Waals surface area contributed by atoms with Crippen molar-refractivity contribution in [2.75, 3.05) is 0 Å². The molecule has 1 heterocycles. The monoisotopic (exact) mass is 422 g/mol. The molecule has 7 heteroatoms. The van der Waals surface area contributed by atoms with Crippen LogP contribution in [0.3, 0.4) is 0 Å². The van der Waals surface area contributed by atoms with Crippen LogP contribution in [0.25, 0.3) is 0 Å². The minimum Gasteiger partial charge on any atom is -0.507 e. The number of carbonyl (C=O) groups is 1. The van der Waals surface area contributed by atoms with Gasteiger partial charge in [-0.05, 0) is 25.0 Å². The van der Waals surface area contributed by atoms with E-state index in [0.717, 1.165) is 38.2 Å². The van der Waals surface area contributed by atoms with Gasteiger partial charge in [0.25, 0.3) is 11.5 Å². The topological polar surface area (TPSA) is 73.4 Å². The van der Waals surface area contributed by atoms with Gasteiger partial charge in [0.1, 0.15) is 11.6 Å². The van der Waals surface area contributed by atoms with Crippen molar-refractivity contribution in [3.8, 4) is 5.75 Å². The van der Waals surface area contributed by atoms with Crippen LogP contribution in [-0.4, -0.2) is 26.9 Å². The molecule has 1 saturated carbocycles. The van der Waals surface area contributed by atoms with Gasteiger partial charge >= 0.3 is 0 Å². The molecule has 1 aliphatic rings. The van der Waals surface area contributed by atoms with Crippen molar-refractivity contribution in [1.82, 2.24) is 9.88 Å². The van der Waals surface area contributed by atoms with Gasteiger partial charge in [-0.1, -0.05) is 41.3 Å². The van der Waals surface area contributed by atoms with E-state index in [0.29, 0.717) is 10.0 Å². The zero-order valence-electron chi connectivity index (χ0n) is 14.2. The highest BCUT2D eigenvalue weighted by Gasteiger charge is 2.28. The molecule has 26 heavy (non-hydrogen) atoms. The van der Waals surface area contributed by atoms with Crippen molar-refractivity contribution >= 4 is 21.8 Å². The number of H-pyrrole nitrogens is 1. The van der Waals surface area contributed by atoms with Crippen LogP contribution in [0.1, 0.15) is 48.0 Å². The highest BCUT2D eigenvalue weighted by Crippen LogP contribution is 2.28. The molecule has 1 aromatic carbocycles. The van der Waals surface area contributed by atoms with Gasteiger partial charge in [0.15, 0.2) is 0 Å². The molecule has 1 aliphatic carbocycles. The number of aromatic amines is 1. The van der Waals surface area contributed by atoms with Crippen LogP contribution >= 0.6 is 15.9 Å². The molecule has 0 atom stereocenters. The second-order valence-corrected chi connectivity index (χ2v) is 7.47. The van der Waals surface area contributed by atoms with E-state index in [4.69, 9.17) is 0 Å². The van der Waals surface area contributed by atoms with Crippen molar-refractivity contribution in [2.45, 2.75) is 44.7 Å². The highest BCUT2D eigenvalue weighted by molar-refractivity contribution is 9.10. The zero-order valence-corrected chi connectivity index (χ0v) is 15.8. The molecule has 1 aromatic heterocycles. The number of hydrogen-bond acceptors (Lipinski definition) is 3. The van der Waals surface area contributed by atoms with E-state index in [2.05, 4.69) is 20.9 Å². The van der Waals surface area contributed by atoms with Gasteiger partial charge in [-0.2, -0.15) is 0 Å². The van der Waals surface area contributed by atoms with Gasteiger partial charge < -0.3 is 15.0 Å². The fourth-order valence-corrected chi connectivity index (χ4v) is 3.71. The quantitative estimate of drug-likeness (QED) is 0.782. The van der Waals surface area contributed by atoms with Gasteiger partial charge in [0, 0.05) is 34.9 Å². The number of rotatable bonds is 4. The summed E-state index contributed by atoms with van der Waals surface area (Å²) in [6.45, 7) is 0.112. The number of pyridine rings is 1. The number of hydrogen-bond donors (Lipinski definition) is 2. The number of amides is 1. The zero-order chi connectivity index (χ0) is 18.7. The van der Waals surface area contributed by atoms with Gasteiger partial charge in [-0.15, -0.1) is 0 Å². The highest BCUT2D eigenvalue weighted by atomic mass is 79.9. The Hall–Kier alpha value is -2.15. The van der Waals surface area contributed by atoms with E-state index in [1.165, 1.54) is 12.3 Å². The number of halogens is 2. The van der Waals surface area contributed by atoms with E-state index in [-0.39, 0.29) is 23.9 Å². The fourth-order valence-electron chi connectivity index (χ4n) is 3.38. The number of aromatic nitrogens is 1. The molecule has 1 amide bonds. The molecule has 0 radical (unpaired) electrons. The first kappa shape index (κ1) is 18.6. The summed E-state index contributed by atoms with van der Waals surface area (Å²) in [5.41, 5.74) is -0.0500. The molecule has 0 unspecified atom stereocenters. The van der Waals surface area contributed by atoms with Crippen LogP contribution in [-0.2, 0) is 6.54 Å². The lowest BCUT2D eigenvalue weighted by Gasteiger charge is -2.34. The third-order valence-electron chi connectivity index (χ3n) is 4.77. The molecule has 0 bridgehead atoms. The lowest BCUT2D eigenvalue weighted by Crippen LogP contribution is -2.41. The Morgan fingerprint density at radius 1 is 1.27 bits per heavy atom. The summed E-state index contributed by atoms with van der Waals surface area (Å²) >= 11 is 3.23. The van der Waals surface area contributed by atoms with E-state index >= 15 is 0 Å². The standard InChI is InChI=1S/C19H20BrFN2O3/c20-13-7-6-12(16(21)8-13)11-23(14-4-2-1-3-5-14)19(26)15-10-22-18(25)9-17(15)24/h6-10,14H,1-5,11H2,(H2,22,24,25). The third-order valence-corrected chi connectivity index (χ3v) is 5.26. The predicted molar refractivity (Wildman–Crippen MR) is 99.6 cm³/mol. The molecule has 0 aliphatic heterocycles. The van der Waals surface area contributed by atoms with Crippen molar-refractivity contribution < 1.29 is 14.3 Å². The molecule has 0 spiro atoms. The normalized spacial score (nSPS) is 15.0. The van der Waals surface area contributed by atoms with Gasteiger partial charge in [0.2, 0.25) is 0 Å². The first-order valence-corrected chi connectivity index (χ1v) is 9.41. The minimum absolute atomic E-state index is 0.0210. The summed E-state index contributed by atoms with van der Waals surface area (Å²) in [7, 11) is 0. The van der Waals surface area contributed by atoms with Crippen LogP contribution in [0, 0.1) is 5.82 Å². The van der Waals surface area contributed by atoms with Gasteiger partial charge in [0.05, 0.1) is 5.56 Å². The summed E-state index contributed by atoms with van der Waals surface area (Å²) in [5, 5.41) is 10.0. The van der Waals surface area contributed by atoms with Crippen LogP contribution < -0.4 is 5.56 Å². The van der Waals surface area contributed by atoms with E-state index in [1.54, 1.807) is 17.0 Å². The second-order valence-electron chi connectivity index (χ2n) is 6.56. The number of nitrogens with zero attached hydrogens (tertiary/aromatic N) is 1. The molecule has 1 fully saturated rings. The fraction of sp³-hybridized carbons (Fsp3) is 0.368. The number of aromatic hydroxyl groups is 1. The predicted octanol–water partition coefficient (Wildman–Crippen LogP) is 3.96. The lowest BCUT2D eigenvalue weighted by molar-refractivity contribution is 0.0608. The SMILES string of the molecule is O=C(c1c[nH]c(=O)cc1O)N(Cc1ccc(Br)cc1F)C1CCCCC1. The smallest absolute Gasteiger partial charge is 0.259 e. The Balaban J connectivity index is 1.94. The van der Waals surface area contributed by atoms with Crippen molar-refractivity contribution in [3.63, 3.8) is 0 Å². The molecule has 5 nitrogen and oxygen atoms in total. The molecule has 3 rings (SSSR count). The molecule has 0 saturated heterocycles. The van der Waals surface area contributed by atoms with Crippen LogP contribution in [0.2, 0.25) is 0 Å². The van der Waals surface area contributed by atoms with Crippen molar-refractivity contribution in [1.29, 1.82) is 0 Å². The minimum atomic E-state index is -0.484. The maximum absolute atomic E-state index is 14.3. The van der Waals surface area contributed by atoms with Crippen LogP contribution in [0.4, 0.5) is 4.39 Å². The maximum atomic E-state index is 14.3. The Labute approximate surface area is 159 Å². The summed E-state index contributed by atoms with van der Waals surface area (Å²) in [6.07, 6.45) is 6.04. The Morgan fingerprint density at radius 2 is 2.00 bits per heavy atom. The third kappa shape index (κ3) is 4.15. The van der Waals surface area contributed by atoms with Crippen molar-refractivity contribution in [2.24, 2.45) is 0 Å². The number of benzene rings is 1. The van der Waals surface area contributed by atoms with E-state index < -0.39 is 17.3 Å². The Bertz CT molecular complexity index is 862. The summed E-state index contributed by atoms with van der Waals surface area (Å²) < 4.78 is 14.9. The first-order chi connectivity index (χ1) is 12.5. The van der Waals surface area contributed by atoms with Gasteiger partial charge in [-0.25, -0.2) is 4.39 Å². The summed E-state index contributed by atoms with van der Waals surface area (Å²) in [5.74, 6) is -1.16. The number of nitrogens with one attached hydrogen (secondary N) is 1. The summed E-state index contributed by atoms with van der Waals surface area (Å²) in [6, 6.07) is 5.71. The average molecular weight is 423 g/mol. The van der Waals surface area contributed by atoms with E-state index in [9.17, 15) is 19.1 Å². The van der Waals surface area contributed by atoms with Crippen LogP contribution in [0.15, 0.2) is 39.7 Å². The average Bonchev–Trinajstić information content (AvgIpc) is 2.61. The largest absolute Gasteiger partial charge is 0.507 e. The second kappa shape index (κ2) is 8.03. The van der Waals surface area contributed by atoms with Gasteiger partial charge in [-0.3, -0.25) is 9.59 Å². The summed E-state index contributed by atoms with van der Waals surface area (Å²) in [4.78, 5) is 28.4. The lowest BCUT2D eigenvalue weighted by atomic mass is 9.93.